The normalized spacial score (nSPS) is 19.4. The number of carbonyl (C=O) groups excluding carboxylic acids is 1. The first-order valence-electron chi connectivity index (χ1n) is 9.86. The van der Waals surface area contributed by atoms with E-state index in [1.165, 1.54) is 6.07 Å². The number of rotatable bonds is 8. The van der Waals surface area contributed by atoms with Gasteiger partial charge in [0.05, 0.1) is 12.9 Å². The molecule has 1 aromatic heterocycles. The highest BCUT2D eigenvalue weighted by Gasteiger charge is 2.30. The van der Waals surface area contributed by atoms with Crippen molar-refractivity contribution in [3.63, 3.8) is 0 Å². The number of esters is 1. The van der Waals surface area contributed by atoms with Gasteiger partial charge < -0.3 is 13.9 Å². The highest BCUT2D eigenvalue weighted by Crippen LogP contribution is 2.35. The minimum atomic E-state index is -3.92. The Balaban J connectivity index is 1.83. The van der Waals surface area contributed by atoms with Crippen molar-refractivity contribution in [1.29, 1.82) is 0 Å². The summed E-state index contributed by atoms with van der Waals surface area (Å²) >= 11 is 0. The lowest BCUT2D eigenvalue weighted by Gasteiger charge is -2.30. The largest absolute Gasteiger partial charge is 0.485 e. The smallest absolute Gasteiger partial charge is 0.347 e. The summed E-state index contributed by atoms with van der Waals surface area (Å²) in [6, 6.07) is 1.52. The quantitative estimate of drug-likeness (QED) is 0.354. The number of hydrogen-bond donors (Lipinski definition) is 0. The van der Waals surface area contributed by atoms with Crippen LogP contribution in [0.1, 0.15) is 56.8 Å². The zero-order chi connectivity index (χ0) is 21.0. The van der Waals surface area contributed by atoms with Gasteiger partial charge in [-0.25, -0.2) is 9.59 Å². The number of carbonyl (C=O) groups is 1. The minimum absolute atomic E-state index is 0.0621. The third kappa shape index (κ3) is 5.70. The standard InChI is InChI=1S/C20H26O8S/c1-3-4-9-25-20(22)18(28-29(2,23)24)12-14-11-17-15(19(21)26-14)10-13-7-5-6-8-16(13)27-17/h10-11,16,18H,3-9,12H2,1-2H3. The molecule has 0 bridgehead atoms. The molecule has 3 rings (SSSR count). The molecule has 29 heavy (non-hydrogen) atoms. The van der Waals surface area contributed by atoms with Crippen molar-refractivity contribution in [2.45, 2.75) is 64.1 Å². The van der Waals surface area contributed by atoms with Crippen LogP contribution in [0.25, 0.3) is 6.08 Å². The Morgan fingerprint density at radius 2 is 2.14 bits per heavy atom. The van der Waals surface area contributed by atoms with Crippen LogP contribution in [-0.2, 0) is 30.3 Å². The highest BCUT2D eigenvalue weighted by molar-refractivity contribution is 7.86. The van der Waals surface area contributed by atoms with E-state index < -0.39 is 27.8 Å². The molecule has 2 unspecified atom stereocenters. The fraction of sp³-hybridized carbons (Fsp3) is 0.600. The van der Waals surface area contributed by atoms with E-state index in [1.54, 1.807) is 0 Å². The van der Waals surface area contributed by atoms with E-state index in [9.17, 15) is 18.0 Å². The second kappa shape index (κ2) is 9.13. The molecule has 0 aromatic carbocycles. The van der Waals surface area contributed by atoms with E-state index in [-0.39, 0.29) is 24.9 Å². The number of ether oxygens (including phenoxy) is 2. The fourth-order valence-corrected chi connectivity index (χ4v) is 4.03. The predicted octanol–water partition coefficient (Wildman–Crippen LogP) is 2.59. The van der Waals surface area contributed by atoms with E-state index in [2.05, 4.69) is 0 Å². The van der Waals surface area contributed by atoms with Crippen LogP contribution in [0, 0.1) is 0 Å². The van der Waals surface area contributed by atoms with Crippen molar-refractivity contribution in [2.24, 2.45) is 0 Å². The lowest BCUT2D eigenvalue weighted by molar-refractivity contribution is -0.152. The van der Waals surface area contributed by atoms with Gasteiger partial charge in [-0.2, -0.15) is 8.42 Å². The number of fused-ring (bicyclic) bond motifs is 2. The molecular formula is C20H26O8S. The van der Waals surface area contributed by atoms with Gasteiger partial charge in [0.2, 0.25) is 0 Å². The molecule has 9 heteroatoms. The summed E-state index contributed by atoms with van der Waals surface area (Å²) in [7, 11) is -3.92. The van der Waals surface area contributed by atoms with Gasteiger partial charge in [0.15, 0.2) is 6.10 Å². The van der Waals surface area contributed by atoms with Crippen LogP contribution in [0.5, 0.6) is 5.75 Å². The number of hydrogen-bond acceptors (Lipinski definition) is 8. The molecule has 0 N–H and O–H groups in total. The topological polar surface area (TPSA) is 109 Å². The van der Waals surface area contributed by atoms with Crippen molar-refractivity contribution in [2.75, 3.05) is 12.9 Å². The van der Waals surface area contributed by atoms with Gasteiger partial charge >= 0.3 is 11.6 Å². The summed E-state index contributed by atoms with van der Waals surface area (Å²) < 4.78 is 44.4. The summed E-state index contributed by atoms with van der Waals surface area (Å²) in [5.41, 5.74) is 0.834. The summed E-state index contributed by atoms with van der Waals surface area (Å²) in [6.45, 7) is 2.09. The first-order chi connectivity index (χ1) is 13.8. The molecule has 0 amide bonds. The Kier molecular flexibility index (Phi) is 6.79. The van der Waals surface area contributed by atoms with Crippen molar-refractivity contribution >= 4 is 22.2 Å². The molecule has 0 saturated heterocycles. The van der Waals surface area contributed by atoms with Gasteiger partial charge in [-0.1, -0.05) is 13.3 Å². The predicted molar refractivity (Wildman–Crippen MR) is 105 cm³/mol. The maximum absolute atomic E-state index is 12.4. The van der Waals surface area contributed by atoms with E-state index in [0.717, 1.165) is 43.9 Å². The summed E-state index contributed by atoms with van der Waals surface area (Å²) in [6.07, 6.45) is 6.26. The van der Waals surface area contributed by atoms with Gasteiger partial charge in [0.1, 0.15) is 23.2 Å². The Labute approximate surface area is 170 Å². The lowest BCUT2D eigenvalue weighted by Crippen LogP contribution is -2.32. The van der Waals surface area contributed by atoms with Crippen LogP contribution in [-0.4, -0.2) is 39.5 Å². The third-order valence-corrected chi connectivity index (χ3v) is 5.46. The molecular weight excluding hydrogens is 400 g/mol. The molecule has 1 aromatic rings. The van der Waals surface area contributed by atoms with Crippen LogP contribution in [0.2, 0.25) is 0 Å². The van der Waals surface area contributed by atoms with E-state index in [1.807, 2.05) is 13.0 Å². The molecule has 2 aliphatic rings. The second-order valence-corrected chi connectivity index (χ2v) is 8.96. The monoisotopic (exact) mass is 426 g/mol. The molecule has 1 aliphatic heterocycles. The van der Waals surface area contributed by atoms with Crippen molar-refractivity contribution < 1.29 is 31.3 Å². The van der Waals surface area contributed by atoms with Crippen LogP contribution in [0.4, 0.5) is 0 Å². The van der Waals surface area contributed by atoms with Crippen LogP contribution in [0.3, 0.4) is 0 Å². The summed E-state index contributed by atoms with van der Waals surface area (Å²) in [4.78, 5) is 24.7. The van der Waals surface area contributed by atoms with E-state index in [0.29, 0.717) is 17.7 Å². The maximum Gasteiger partial charge on any atom is 0.347 e. The fourth-order valence-electron chi connectivity index (χ4n) is 3.46. The SMILES string of the molecule is CCCCOC(=O)C(Cc1cc2c(c(=O)o1)C=C1CCCCC1O2)OS(C)(=O)=O. The second-order valence-electron chi connectivity index (χ2n) is 7.36. The van der Waals surface area contributed by atoms with Crippen molar-refractivity contribution in [3.05, 3.63) is 33.4 Å². The Morgan fingerprint density at radius 3 is 2.86 bits per heavy atom. The molecule has 1 aliphatic carbocycles. The van der Waals surface area contributed by atoms with E-state index >= 15 is 0 Å². The third-order valence-electron chi connectivity index (χ3n) is 4.88. The van der Waals surface area contributed by atoms with Gasteiger partial charge in [-0.15, -0.1) is 0 Å². The molecule has 160 valence electrons. The zero-order valence-corrected chi connectivity index (χ0v) is 17.5. The summed E-state index contributed by atoms with van der Waals surface area (Å²) in [5.74, 6) is -0.341. The van der Waals surface area contributed by atoms with Gasteiger partial charge in [0.25, 0.3) is 10.1 Å². The Hall–Kier alpha value is -2.13. The zero-order valence-electron chi connectivity index (χ0n) is 16.6. The lowest BCUT2D eigenvalue weighted by atomic mass is 9.89. The van der Waals surface area contributed by atoms with Crippen LogP contribution < -0.4 is 10.4 Å². The highest BCUT2D eigenvalue weighted by atomic mass is 32.2. The van der Waals surface area contributed by atoms with Crippen molar-refractivity contribution in [3.8, 4) is 5.75 Å². The minimum Gasteiger partial charge on any atom is -0.485 e. The first kappa shape index (κ1) is 21.6. The molecule has 8 nitrogen and oxygen atoms in total. The van der Waals surface area contributed by atoms with Gasteiger partial charge in [-0.05, 0) is 43.8 Å². The first-order valence-corrected chi connectivity index (χ1v) is 11.7. The number of unbranched alkanes of at least 4 members (excludes halogenated alkanes) is 1. The molecule has 1 fully saturated rings. The molecule has 1 saturated carbocycles. The Morgan fingerprint density at radius 1 is 1.34 bits per heavy atom. The molecule has 2 atom stereocenters. The average molecular weight is 426 g/mol. The Bertz CT molecular complexity index is 944. The van der Waals surface area contributed by atoms with Crippen LogP contribution in [0.15, 0.2) is 20.9 Å². The van der Waals surface area contributed by atoms with Crippen LogP contribution >= 0.6 is 0 Å². The van der Waals surface area contributed by atoms with Crippen molar-refractivity contribution in [1.82, 2.24) is 0 Å². The van der Waals surface area contributed by atoms with Gasteiger partial charge in [-0.3, -0.25) is 4.18 Å². The average Bonchev–Trinajstić information content (AvgIpc) is 2.65. The maximum atomic E-state index is 12.4. The molecule has 2 heterocycles. The molecule has 0 radical (unpaired) electrons. The molecule has 0 spiro atoms. The van der Waals surface area contributed by atoms with E-state index in [4.69, 9.17) is 18.1 Å². The van der Waals surface area contributed by atoms with Gasteiger partial charge in [0, 0.05) is 12.5 Å². The summed E-state index contributed by atoms with van der Waals surface area (Å²) in [5, 5.41) is 0.